The lowest BCUT2D eigenvalue weighted by molar-refractivity contribution is 1.46. The number of hydrogen-bond donors (Lipinski definition) is 0. The second-order valence-electron chi connectivity index (χ2n) is 8.86. The second kappa shape index (κ2) is 9.77. The number of aryl methyl sites for hydroxylation is 2. The molecular weight excluding hydrogens is 408 g/mol. The molecule has 0 amide bonds. The van der Waals surface area contributed by atoms with E-state index in [4.69, 9.17) is 0 Å². The van der Waals surface area contributed by atoms with Crippen LogP contribution < -0.4 is 0 Å². The maximum Gasteiger partial charge on any atom is -0.0105 e. The molecule has 0 saturated carbocycles. The lowest BCUT2D eigenvalue weighted by Gasteiger charge is -2.10. The van der Waals surface area contributed by atoms with Crippen LogP contribution in [-0.2, 0) is 0 Å². The molecule has 0 nitrogen and oxygen atoms in total. The molecule has 0 heterocycles. The van der Waals surface area contributed by atoms with Crippen LogP contribution in [0, 0.1) is 13.8 Å². The molecule has 0 aromatic heterocycles. The molecule has 0 spiro atoms. The lowest BCUT2D eigenvalue weighted by atomic mass is 9.94. The molecule has 0 aliphatic carbocycles. The topological polar surface area (TPSA) is 0 Å². The Kier molecular flexibility index (Phi) is 6.23. The fourth-order valence-electron chi connectivity index (χ4n) is 4.24. The van der Waals surface area contributed by atoms with Crippen molar-refractivity contribution in [3.05, 3.63) is 143 Å². The molecule has 0 radical (unpaired) electrons. The van der Waals surface area contributed by atoms with Gasteiger partial charge in [0.25, 0.3) is 0 Å². The molecule has 5 aromatic carbocycles. The number of fused-ring (bicyclic) bond motifs is 1. The van der Waals surface area contributed by atoms with Crippen LogP contribution in [0.15, 0.2) is 109 Å². The normalized spacial score (nSPS) is 11.6. The molecule has 0 aliphatic heterocycles. The van der Waals surface area contributed by atoms with Gasteiger partial charge in [0.2, 0.25) is 0 Å². The first-order valence-electron chi connectivity index (χ1n) is 11.8. The highest BCUT2D eigenvalue weighted by Gasteiger charge is 2.06. The average Bonchev–Trinajstić information content (AvgIpc) is 2.88. The van der Waals surface area contributed by atoms with Crippen molar-refractivity contribution in [3.8, 4) is 11.1 Å². The van der Waals surface area contributed by atoms with Crippen molar-refractivity contribution in [2.75, 3.05) is 0 Å². The molecule has 0 unspecified atom stereocenters. The molecule has 164 valence electrons. The van der Waals surface area contributed by atoms with Crippen LogP contribution in [0.5, 0.6) is 0 Å². The SMILES string of the molecule is Cc1ccc(C=Cc2ccc(-c3cccc4ccccc34)cc2C=Cc2ccc(C)cc2)cc1. The summed E-state index contributed by atoms with van der Waals surface area (Å²) >= 11 is 0. The van der Waals surface area contributed by atoms with Gasteiger partial charge in [-0.25, -0.2) is 0 Å². The predicted octanol–water partition coefficient (Wildman–Crippen LogP) is 9.46. The highest BCUT2D eigenvalue weighted by atomic mass is 14.1. The monoisotopic (exact) mass is 436 g/mol. The molecule has 0 N–H and O–H groups in total. The standard InChI is InChI=1S/C34H28/c1-25-10-14-27(15-11-25)18-20-29-22-23-32(34-9-5-7-30-6-3-4-8-33(30)34)24-31(29)21-19-28-16-12-26(2)13-17-28/h3-24H,1-2H3. The molecule has 0 saturated heterocycles. The summed E-state index contributed by atoms with van der Waals surface area (Å²) in [5.41, 5.74) is 9.86. The molecule has 0 aliphatic rings. The van der Waals surface area contributed by atoms with E-state index in [0.29, 0.717) is 0 Å². The van der Waals surface area contributed by atoms with Gasteiger partial charge in [-0.15, -0.1) is 0 Å². The summed E-state index contributed by atoms with van der Waals surface area (Å²) in [5.74, 6) is 0. The van der Waals surface area contributed by atoms with Gasteiger partial charge in [0.05, 0.1) is 0 Å². The Morgan fingerprint density at radius 2 is 1.06 bits per heavy atom. The molecule has 34 heavy (non-hydrogen) atoms. The fraction of sp³-hybridized carbons (Fsp3) is 0.0588. The van der Waals surface area contributed by atoms with E-state index in [0.717, 1.165) is 0 Å². The zero-order valence-electron chi connectivity index (χ0n) is 19.7. The van der Waals surface area contributed by atoms with E-state index in [9.17, 15) is 0 Å². The van der Waals surface area contributed by atoms with Gasteiger partial charge in [-0.1, -0.05) is 139 Å². The summed E-state index contributed by atoms with van der Waals surface area (Å²) in [5, 5.41) is 2.54. The third-order valence-corrected chi connectivity index (χ3v) is 6.25. The van der Waals surface area contributed by atoms with Crippen molar-refractivity contribution in [2.24, 2.45) is 0 Å². The Hall–Kier alpha value is -4.16. The van der Waals surface area contributed by atoms with Crippen LogP contribution in [0.25, 0.3) is 46.2 Å². The first-order chi connectivity index (χ1) is 16.7. The van der Waals surface area contributed by atoms with E-state index in [1.54, 1.807) is 0 Å². The van der Waals surface area contributed by atoms with E-state index < -0.39 is 0 Å². The van der Waals surface area contributed by atoms with Crippen molar-refractivity contribution in [1.82, 2.24) is 0 Å². The van der Waals surface area contributed by atoms with Crippen LogP contribution in [0.1, 0.15) is 33.4 Å². The highest BCUT2D eigenvalue weighted by Crippen LogP contribution is 2.31. The third kappa shape index (κ3) is 4.92. The van der Waals surface area contributed by atoms with Gasteiger partial charge in [-0.3, -0.25) is 0 Å². The largest absolute Gasteiger partial charge is 0.0616 e. The molecule has 0 fully saturated rings. The maximum absolute atomic E-state index is 2.31. The van der Waals surface area contributed by atoms with Gasteiger partial charge in [0, 0.05) is 0 Å². The maximum atomic E-state index is 2.31. The van der Waals surface area contributed by atoms with Crippen LogP contribution in [-0.4, -0.2) is 0 Å². The van der Waals surface area contributed by atoms with Gasteiger partial charge in [-0.2, -0.15) is 0 Å². The average molecular weight is 437 g/mol. The minimum Gasteiger partial charge on any atom is -0.0616 e. The van der Waals surface area contributed by atoms with Crippen molar-refractivity contribution in [3.63, 3.8) is 0 Å². The van der Waals surface area contributed by atoms with Crippen LogP contribution in [0.3, 0.4) is 0 Å². The Morgan fingerprint density at radius 1 is 0.471 bits per heavy atom. The Labute approximate surface area is 202 Å². The smallest absolute Gasteiger partial charge is 0.0105 e. The number of rotatable bonds is 5. The van der Waals surface area contributed by atoms with Gasteiger partial charge >= 0.3 is 0 Å². The van der Waals surface area contributed by atoms with E-state index in [1.165, 1.54) is 55.3 Å². The summed E-state index contributed by atoms with van der Waals surface area (Å²) in [6.07, 6.45) is 8.83. The Bertz CT molecular complexity index is 1470. The summed E-state index contributed by atoms with van der Waals surface area (Å²) in [4.78, 5) is 0. The number of benzene rings is 5. The van der Waals surface area contributed by atoms with E-state index in [2.05, 4.69) is 147 Å². The minimum absolute atomic E-state index is 1.20. The Morgan fingerprint density at radius 3 is 1.74 bits per heavy atom. The van der Waals surface area contributed by atoms with E-state index in [1.807, 2.05) is 0 Å². The highest BCUT2D eigenvalue weighted by molar-refractivity contribution is 5.97. The molecule has 5 rings (SSSR count). The van der Waals surface area contributed by atoms with Crippen molar-refractivity contribution in [2.45, 2.75) is 13.8 Å². The van der Waals surface area contributed by atoms with E-state index in [-0.39, 0.29) is 0 Å². The van der Waals surface area contributed by atoms with Gasteiger partial charge in [0.15, 0.2) is 0 Å². The summed E-state index contributed by atoms with van der Waals surface area (Å²) in [6.45, 7) is 4.24. The summed E-state index contributed by atoms with van der Waals surface area (Å²) in [6, 6.07) is 39.2. The molecule has 5 aromatic rings. The summed E-state index contributed by atoms with van der Waals surface area (Å²) < 4.78 is 0. The number of hydrogen-bond acceptors (Lipinski definition) is 0. The van der Waals surface area contributed by atoms with Gasteiger partial charge in [0.1, 0.15) is 0 Å². The summed E-state index contributed by atoms with van der Waals surface area (Å²) in [7, 11) is 0. The van der Waals surface area contributed by atoms with Crippen LogP contribution in [0.2, 0.25) is 0 Å². The molecule has 0 bridgehead atoms. The second-order valence-corrected chi connectivity index (χ2v) is 8.86. The van der Waals surface area contributed by atoms with E-state index >= 15 is 0 Å². The predicted molar refractivity (Wildman–Crippen MR) is 150 cm³/mol. The lowest BCUT2D eigenvalue weighted by Crippen LogP contribution is -1.86. The first-order valence-corrected chi connectivity index (χ1v) is 11.8. The van der Waals surface area contributed by atoms with Crippen molar-refractivity contribution >= 4 is 35.1 Å². The third-order valence-electron chi connectivity index (χ3n) is 6.25. The van der Waals surface area contributed by atoms with Crippen molar-refractivity contribution < 1.29 is 0 Å². The molecule has 0 atom stereocenters. The van der Waals surface area contributed by atoms with Crippen LogP contribution in [0.4, 0.5) is 0 Å². The fourth-order valence-corrected chi connectivity index (χ4v) is 4.24. The molecular formula is C34H28. The zero-order chi connectivity index (χ0) is 23.3. The van der Waals surface area contributed by atoms with Gasteiger partial charge in [-0.05, 0) is 64.1 Å². The first kappa shape index (κ1) is 21.7. The van der Waals surface area contributed by atoms with Crippen molar-refractivity contribution in [1.29, 1.82) is 0 Å². The van der Waals surface area contributed by atoms with Gasteiger partial charge < -0.3 is 0 Å². The zero-order valence-corrected chi connectivity index (χ0v) is 19.7. The Balaban J connectivity index is 1.58. The quantitative estimate of drug-likeness (QED) is 0.241. The minimum atomic E-state index is 1.20. The molecule has 0 heteroatoms. The van der Waals surface area contributed by atoms with Crippen LogP contribution >= 0.6 is 0 Å².